The molecule has 0 fully saturated rings. The SMILES string of the molecule is COc1cc(C(N)c2cc(F)ccc2F)cc(Cl)c1OC. The monoisotopic (exact) mass is 313 g/mol. The lowest BCUT2D eigenvalue weighted by atomic mass is 9.98. The Morgan fingerprint density at radius 2 is 1.81 bits per heavy atom. The molecule has 0 aromatic heterocycles. The Morgan fingerprint density at radius 1 is 1.10 bits per heavy atom. The molecule has 112 valence electrons. The lowest BCUT2D eigenvalue weighted by Gasteiger charge is -2.17. The van der Waals surface area contributed by atoms with E-state index in [0.29, 0.717) is 17.1 Å². The third-order valence-electron chi connectivity index (χ3n) is 3.11. The average Bonchev–Trinajstić information content (AvgIpc) is 2.48. The van der Waals surface area contributed by atoms with Crippen molar-refractivity contribution in [3.63, 3.8) is 0 Å². The van der Waals surface area contributed by atoms with Gasteiger partial charge in [-0.15, -0.1) is 0 Å². The fourth-order valence-electron chi connectivity index (χ4n) is 2.05. The molecule has 0 spiro atoms. The lowest BCUT2D eigenvalue weighted by molar-refractivity contribution is 0.354. The van der Waals surface area contributed by atoms with Crippen LogP contribution in [-0.2, 0) is 0 Å². The maximum absolute atomic E-state index is 13.8. The van der Waals surface area contributed by atoms with Crippen LogP contribution in [0.1, 0.15) is 17.2 Å². The van der Waals surface area contributed by atoms with Crippen molar-refractivity contribution < 1.29 is 18.3 Å². The molecule has 0 saturated carbocycles. The van der Waals surface area contributed by atoms with Crippen LogP contribution in [0.15, 0.2) is 30.3 Å². The summed E-state index contributed by atoms with van der Waals surface area (Å²) in [5.41, 5.74) is 6.54. The smallest absolute Gasteiger partial charge is 0.179 e. The van der Waals surface area contributed by atoms with E-state index in [2.05, 4.69) is 0 Å². The maximum Gasteiger partial charge on any atom is 0.179 e. The number of nitrogens with two attached hydrogens (primary N) is 1. The molecule has 1 unspecified atom stereocenters. The van der Waals surface area contributed by atoms with Crippen molar-refractivity contribution in [1.29, 1.82) is 0 Å². The summed E-state index contributed by atoms with van der Waals surface area (Å²) in [6.45, 7) is 0. The number of ether oxygens (including phenoxy) is 2. The molecule has 0 aliphatic rings. The second-order valence-corrected chi connectivity index (χ2v) is 4.79. The Kier molecular flexibility index (Phi) is 4.65. The fourth-order valence-corrected chi connectivity index (χ4v) is 2.35. The van der Waals surface area contributed by atoms with E-state index in [9.17, 15) is 8.78 Å². The Morgan fingerprint density at radius 3 is 2.43 bits per heavy atom. The molecule has 21 heavy (non-hydrogen) atoms. The molecule has 0 bridgehead atoms. The lowest BCUT2D eigenvalue weighted by Crippen LogP contribution is -2.14. The van der Waals surface area contributed by atoms with Crippen LogP contribution in [0.4, 0.5) is 8.78 Å². The highest BCUT2D eigenvalue weighted by Gasteiger charge is 2.19. The maximum atomic E-state index is 13.8. The zero-order chi connectivity index (χ0) is 15.6. The minimum Gasteiger partial charge on any atom is -0.493 e. The third kappa shape index (κ3) is 3.09. The number of benzene rings is 2. The summed E-state index contributed by atoms with van der Waals surface area (Å²) in [6.07, 6.45) is 0. The van der Waals surface area contributed by atoms with E-state index in [1.807, 2.05) is 0 Å². The van der Waals surface area contributed by atoms with Crippen LogP contribution in [0.2, 0.25) is 5.02 Å². The largest absolute Gasteiger partial charge is 0.493 e. The molecule has 0 aliphatic carbocycles. The van der Waals surface area contributed by atoms with Crippen LogP contribution in [0.3, 0.4) is 0 Å². The molecule has 2 rings (SSSR count). The molecule has 0 amide bonds. The summed E-state index contributed by atoms with van der Waals surface area (Å²) in [6, 6.07) is 5.38. The first-order valence-electron chi connectivity index (χ1n) is 6.10. The van der Waals surface area contributed by atoms with Crippen molar-refractivity contribution in [3.05, 3.63) is 58.1 Å². The van der Waals surface area contributed by atoms with Gasteiger partial charge in [0.1, 0.15) is 11.6 Å². The minimum atomic E-state index is -0.877. The Labute approximate surface area is 126 Å². The van der Waals surface area contributed by atoms with Crippen molar-refractivity contribution >= 4 is 11.6 Å². The van der Waals surface area contributed by atoms with Crippen LogP contribution in [0.25, 0.3) is 0 Å². The Bertz CT molecular complexity index is 664. The molecule has 0 heterocycles. The number of hydrogen-bond donors (Lipinski definition) is 1. The fraction of sp³-hybridized carbons (Fsp3) is 0.200. The molecular formula is C15H14ClF2NO2. The first kappa shape index (κ1) is 15.5. The van der Waals surface area contributed by atoms with Crippen LogP contribution in [0.5, 0.6) is 11.5 Å². The molecule has 2 aromatic carbocycles. The van der Waals surface area contributed by atoms with Gasteiger partial charge in [0, 0.05) is 5.56 Å². The van der Waals surface area contributed by atoms with Gasteiger partial charge in [0.25, 0.3) is 0 Å². The van der Waals surface area contributed by atoms with Crippen LogP contribution in [0, 0.1) is 11.6 Å². The van der Waals surface area contributed by atoms with E-state index in [1.165, 1.54) is 20.3 Å². The van der Waals surface area contributed by atoms with E-state index >= 15 is 0 Å². The van der Waals surface area contributed by atoms with E-state index in [4.69, 9.17) is 26.8 Å². The van der Waals surface area contributed by atoms with E-state index in [1.54, 1.807) is 6.07 Å². The molecular weight excluding hydrogens is 300 g/mol. The second kappa shape index (κ2) is 6.28. The molecule has 0 radical (unpaired) electrons. The molecule has 2 N–H and O–H groups in total. The van der Waals surface area contributed by atoms with Gasteiger partial charge in [0.2, 0.25) is 0 Å². The summed E-state index contributed by atoms with van der Waals surface area (Å²) >= 11 is 6.09. The van der Waals surface area contributed by atoms with Gasteiger partial charge in [-0.3, -0.25) is 0 Å². The van der Waals surface area contributed by atoms with E-state index in [-0.39, 0.29) is 10.6 Å². The zero-order valence-corrected chi connectivity index (χ0v) is 12.2. The van der Waals surface area contributed by atoms with Crippen molar-refractivity contribution in [3.8, 4) is 11.5 Å². The van der Waals surface area contributed by atoms with Crippen molar-refractivity contribution in [2.45, 2.75) is 6.04 Å². The van der Waals surface area contributed by atoms with Gasteiger partial charge in [0.05, 0.1) is 25.3 Å². The quantitative estimate of drug-likeness (QED) is 0.936. The highest BCUT2D eigenvalue weighted by atomic mass is 35.5. The predicted octanol–water partition coefficient (Wildman–Crippen LogP) is 3.68. The highest BCUT2D eigenvalue weighted by molar-refractivity contribution is 6.32. The molecule has 6 heteroatoms. The molecule has 2 aromatic rings. The molecule has 1 atom stereocenters. The summed E-state index contributed by atoms with van der Waals surface area (Å²) in [7, 11) is 2.90. The summed E-state index contributed by atoms with van der Waals surface area (Å²) < 4.78 is 37.4. The van der Waals surface area contributed by atoms with Gasteiger partial charge in [0.15, 0.2) is 11.5 Å². The first-order valence-corrected chi connectivity index (χ1v) is 6.47. The molecule has 0 aliphatic heterocycles. The van der Waals surface area contributed by atoms with Crippen LogP contribution in [-0.4, -0.2) is 14.2 Å². The van der Waals surface area contributed by atoms with Gasteiger partial charge in [-0.2, -0.15) is 0 Å². The summed E-state index contributed by atoms with van der Waals surface area (Å²) in [5.74, 6) is -0.426. The number of methoxy groups -OCH3 is 2. The van der Waals surface area contributed by atoms with Crippen LogP contribution >= 0.6 is 11.6 Å². The van der Waals surface area contributed by atoms with Gasteiger partial charge in [-0.05, 0) is 35.9 Å². The number of hydrogen-bond acceptors (Lipinski definition) is 3. The topological polar surface area (TPSA) is 44.5 Å². The minimum absolute atomic E-state index is 0.0401. The Hall–Kier alpha value is -1.85. The van der Waals surface area contributed by atoms with Crippen molar-refractivity contribution in [2.75, 3.05) is 14.2 Å². The number of halogens is 3. The predicted molar refractivity (Wildman–Crippen MR) is 76.9 cm³/mol. The van der Waals surface area contributed by atoms with E-state index < -0.39 is 17.7 Å². The first-order chi connectivity index (χ1) is 9.97. The zero-order valence-electron chi connectivity index (χ0n) is 11.5. The summed E-state index contributed by atoms with van der Waals surface area (Å²) in [4.78, 5) is 0. The Balaban J connectivity index is 2.50. The van der Waals surface area contributed by atoms with Gasteiger partial charge in [-0.1, -0.05) is 11.6 Å². The summed E-state index contributed by atoms with van der Waals surface area (Å²) in [5, 5.41) is 0.277. The van der Waals surface area contributed by atoms with Gasteiger partial charge >= 0.3 is 0 Å². The number of rotatable bonds is 4. The standard InChI is InChI=1S/C15H14ClF2NO2/c1-20-13-6-8(5-11(16)15(13)21-2)14(19)10-7-9(17)3-4-12(10)18/h3-7,14H,19H2,1-2H3. The van der Waals surface area contributed by atoms with Gasteiger partial charge < -0.3 is 15.2 Å². The van der Waals surface area contributed by atoms with Gasteiger partial charge in [-0.25, -0.2) is 8.78 Å². The highest BCUT2D eigenvalue weighted by Crippen LogP contribution is 2.38. The second-order valence-electron chi connectivity index (χ2n) is 4.38. The molecule has 3 nitrogen and oxygen atoms in total. The van der Waals surface area contributed by atoms with Crippen molar-refractivity contribution in [1.82, 2.24) is 0 Å². The normalized spacial score (nSPS) is 12.1. The third-order valence-corrected chi connectivity index (χ3v) is 3.39. The average molecular weight is 314 g/mol. The van der Waals surface area contributed by atoms with Crippen LogP contribution < -0.4 is 15.2 Å². The molecule has 0 saturated heterocycles. The van der Waals surface area contributed by atoms with E-state index in [0.717, 1.165) is 18.2 Å². The van der Waals surface area contributed by atoms with Crippen molar-refractivity contribution in [2.24, 2.45) is 5.73 Å².